The van der Waals surface area contributed by atoms with Crippen molar-refractivity contribution in [2.75, 3.05) is 19.6 Å². The van der Waals surface area contributed by atoms with Crippen LogP contribution in [-0.4, -0.2) is 60.8 Å². The van der Waals surface area contributed by atoms with Gasteiger partial charge in [0.1, 0.15) is 12.4 Å². The molecule has 5 rings (SSSR count). The summed E-state index contributed by atoms with van der Waals surface area (Å²) in [5.41, 5.74) is 3.54. The van der Waals surface area contributed by atoms with E-state index in [-0.39, 0.29) is 23.0 Å². The molecule has 230 valence electrons. The van der Waals surface area contributed by atoms with E-state index in [0.29, 0.717) is 31.3 Å². The third-order valence-electron chi connectivity index (χ3n) is 8.98. The number of aliphatic hydroxyl groups excluding tert-OH is 1. The fourth-order valence-corrected chi connectivity index (χ4v) is 8.31. The Hall–Kier alpha value is -2.24. The van der Waals surface area contributed by atoms with Crippen molar-refractivity contribution < 1.29 is 26.7 Å². The molecule has 0 saturated carbocycles. The number of hydrogen-bond donors (Lipinski definition) is 2. The normalized spacial score (nSPS) is 23.8. The van der Waals surface area contributed by atoms with E-state index in [1.165, 1.54) is 33.6 Å². The molecule has 3 atom stereocenters. The number of nitrogens with zero attached hydrogens (tertiary/aromatic N) is 2. The monoisotopic (exact) mass is 605 g/mol. The molecule has 2 aliphatic heterocycles. The lowest BCUT2D eigenvalue weighted by atomic mass is 9.86. The Kier molecular flexibility index (Phi) is 9.49. The number of piperidine rings is 2. The quantitative estimate of drug-likeness (QED) is 0.279. The molecule has 0 spiro atoms. The first kappa shape index (κ1) is 31.2. The molecule has 2 N–H and O–H groups in total. The van der Waals surface area contributed by atoms with Gasteiger partial charge in [-0.15, -0.1) is 0 Å². The summed E-state index contributed by atoms with van der Waals surface area (Å²) in [6.07, 6.45) is 3.94. The lowest BCUT2D eigenvalue weighted by Crippen LogP contribution is -2.49. The molecule has 0 bridgehead atoms. The van der Waals surface area contributed by atoms with Crippen molar-refractivity contribution in [2.45, 2.75) is 100 Å². The van der Waals surface area contributed by atoms with Gasteiger partial charge in [0.2, 0.25) is 10.0 Å². The fourth-order valence-electron chi connectivity index (χ4n) is 6.56. The van der Waals surface area contributed by atoms with E-state index in [1.807, 2.05) is 0 Å². The Balaban J connectivity index is 1.28. The van der Waals surface area contributed by atoms with Crippen LogP contribution in [0.15, 0.2) is 59.5 Å². The number of likely N-dealkylation sites (tertiary alicyclic amines) is 1. The minimum atomic E-state index is -4.10. The van der Waals surface area contributed by atoms with Gasteiger partial charge in [0.25, 0.3) is 5.92 Å². The minimum absolute atomic E-state index is 0.117. The molecule has 0 radical (unpaired) electrons. The van der Waals surface area contributed by atoms with Crippen LogP contribution in [0, 0.1) is 0 Å². The number of sulfonamides is 1. The molecule has 2 saturated heterocycles. The molecular weight excluding hydrogens is 563 g/mol. The second-order valence-electron chi connectivity index (χ2n) is 12.1. The van der Waals surface area contributed by atoms with Crippen molar-refractivity contribution in [3.63, 3.8) is 0 Å². The molecule has 1 aliphatic carbocycles. The van der Waals surface area contributed by atoms with Crippen LogP contribution in [-0.2, 0) is 28.9 Å². The molecule has 0 aromatic heterocycles. The number of aryl methyl sites for hydroxylation is 1. The summed E-state index contributed by atoms with van der Waals surface area (Å²) >= 11 is 0. The van der Waals surface area contributed by atoms with Crippen molar-refractivity contribution in [1.29, 1.82) is 0 Å². The van der Waals surface area contributed by atoms with Crippen LogP contribution >= 0.6 is 0 Å². The fraction of sp³-hybridized carbons (Fsp3) is 0.562. The highest BCUT2D eigenvalue weighted by atomic mass is 32.2. The Bertz CT molecular complexity index is 1370. The number of alkyl halides is 3. The predicted molar refractivity (Wildman–Crippen MR) is 157 cm³/mol. The standard InChI is InChI=1S/C32H42F3N3O3S/c1-22(30-11-3-4-16-38(30)42(40,41)27-9-6-8-25(20-27)32(2,34)35)31(39)36-29-10-5-7-24-19-23(12-13-28(24)29)21-37-17-14-26(33)15-18-37/h6,8-9,12-13,19-20,26,29-31,36,39H,1,3-5,7,10-11,14-18,21H2,2H3/t29-,30+,31?/m1/s1. The Morgan fingerprint density at radius 1 is 1.07 bits per heavy atom. The van der Waals surface area contributed by atoms with Gasteiger partial charge in [0.05, 0.1) is 4.90 Å². The highest BCUT2D eigenvalue weighted by Gasteiger charge is 2.38. The van der Waals surface area contributed by atoms with E-state index in [9.17, 15) is 26.7 Å². The molecular formula is C32H42F3N3O3S. The smallest absolute Gasteiger partial charge is 0.270 e. The third kappa shape index (κ3) is 6.94. The molecule has 0 amide bonds. The van der Waals surface area contributed by atoms with Gasteiger partial charge in [0.15, 0.2) is 0 Å². The number of hydrogen-bond acceptors (Lipinski definition) is 5. The van der Waals surface area contributed by atoms with Gasteiger partial charge in [-0.1, -0.05) is 43.3 Å². The summed E-state index contributed by atoms with van der Waals surface area (Å²) in [6, 6.07) is 10.6. The summed E-state index contributed by atoms with van der Waals surface area (Å²) in [6.45, 7) is 7.42. The second kappa shape index (κ2) is 12.8. The molecule has 2 heterocycles. The highest BCUT2D eigenvalue weighted by molar-refractivity contribution is 7.89. The summed E-state index contributed by atoms with van der Waals surface area (Å²) in [5, 5.41) is 14.6. The lowest BCUT2D eigenvalue weighted by Gasteiger charge is -2.38. The summed E-state index contributed by atoms with van der Waals surface area (Å²) < 4.78 is 70.1. The average molecular weight is 606 g/mol. The number of nitrogens with one attached hydrogen (secondary N) is 1. The molecule has 42 heavy (non-hydrogen) atoms. The summed E-state index contributed by atoms with van der Waals surface area (Å²) in [7, 11) is -4.10. The maximum atomic E-state index is 14.0. The van der Waals surface area contributed by atoms with E-state index >= 15 is 0 Å². The molecule has 2 aromatic rings. The summed E-state index contributed by atoms with van der Waals surface area (Å²) in [5.74, 6) is -3.17. The number of benzene rings is 2. The second-order valence-corrected chi connectivity index (χ2v) is 14.0. The van der Waals surface area contributed by atoms with E-state index in [4.69, 9.17) is 0 Å². The van der Waals surface area contributed by atoms with Gasteiger partial charge in [-0.25, -0.2) is 21.6 Å². The number of halogens is 3. The van der Waals surface area contributed by atoms with Crippen molar-refractivity contribution >= 4 is 10.0 Å². The van der Waals surface area contributed by atoms with Crippen LogP contribution < -0.4 is 5.32 Å². The maximum Gasteiger partial charge on any atom is 0.270 e. The number of aliphatic hydroxyl groups is 1. The molecule has 3 aliphatic rings. The number of rotatable bonds is 9. The average Bonchev–Trinajstić information content (AvgIpc) is 2.97. The van der Waals surface area contributed by atoms with Crippen molar-refractivity contribution in [3.05, 3.63) is 76.9 Å². The van der Waals surface area contributed by atoms with Crippen LogP contribution in [0.4, 0.5) is 13.2 Å². The third-order valence-corrected chi connectivity index (χ3v) is 10.9. The van der Waals surface area contributed by atoms with Crippen molar-refractivity contribution in [2.24, 2.45) is 0 Å². The van der Waals surface area contributed by atoms with Gasteiger partial charge in [0, 0.05) is 50.7 Å². The van der Waals surface area contributed by atoms with Crippen LogP contribution in [0.5, 0.6) is 0 Å². The van der Waals surface area contributed by atoms with Gasteiger partial charge in [-0.2, -0.15) is 4.31 Å². The van der Waals surface area contributed by atoms with Crippen molar-refractivity contribution in [1.82, 2.24) is 14.5 Å². The first-order valence-corrected chi connectivity index (χ1v) is 16.5. The Labute approximate surface area is 247 Å². The Morgan fingerprint density at radius 2 is 1.83 bits per heavy atom. The largest absolute Gasteiger partial charge is 0.375 e. The highest BCUT2D eigenvalue weighted by Crippen LogP contribution is 2.35. The zero-order valence-corrected chi connectivity index (χ0v) is 25.1. The molecule has 10 heteroatoms. The zero-order valence-electron chi connectivity index (χ0n) is 24.2. The predicted octanol–water partition coefficient (Wildman–Crippen LogP) is 5.82. The summed E-state index contributed by atoms with van der Waals surface area (Å²) in [4.78, 5) is 2.10. The molecule has 1 unspecified atom stereocenters. The van der Waals surface area contributed by atoms with Crippen molar-refractivity contribution in [3.8, 4) is 0 Å². The first-order chi connectivity index (χ1) is 19.9. The van der Waals surface area contributed by atoms with Gasteiger partial charge >= 0.3 is 0 Å². The van der Waals surface area contributed by atoms with Gasteiger partial charge in [-0.3, -0.25) is 10.2 Å². The van der Waals surface area contributed by atoms with E-state index in [0.717, 1.165) is 63.9 Å². The zero-order chi connectivity index (χ0) is 30.1. The molecule has 2 aromatic carbocycles. The lowest BCUT2D eigenvalue weighted by molar-refractivity contribution is 0.0172. The maximum absolute atomic E-state index is 14.0. The van der Waals surface area contributed by atoms with E-state index < -0.39 is 34.4 Å². The number of fused-ring (bicyclic) bond motifs is 1. The van der Waals surface area contributed by atoms with Crippen LogP contribution in [0.3, 0.4) is 0 Å². The minimum Gasteiger partial charge on any atom is -0.375 e. The topological polar surface area (TPSA) is 72.9 Å². The molecule has 6 nitrogen and oxygen atoms in total. The molecule has 2 fully saturated rings. The first-order valence-electron chi connectivity index (χ1n) is 15.0. The van der Waals surface area contributed by atoms with Crippen LogP contribution in [0.2, 0.25) is 0 Å². The Morgan fingerprint density at radius 3 is 2.57 bits per heavy atom. The van der Waals surface area contributed by atoms with E-state index in [1.54, 1.807) is 0 Å². The van der Waals surface area contributed by atoms with Crippen LogP contribution in [0.1, 0.15) is 80.2 Å². The van der Waals surface area contributed by atoms with Gasteiger partial charge < -0.3 is 5.11 Å². The SMILES string of the molecule is C=C(C(O)N[C@@H]1CCCc2cc(CN3CCC(F)CC3)ccc21)[C@@H]1CCCCN1S(=O)(=O)c1cccc(C(C)(F)F)c1. The van der Waals surface area contributed by atoms with Gasteiger partial charge in [-0.05, 0) is 79.3 Å². The van der Waals surface area contributed by atoms with Crippen LogP contribution in [0.25, 0.3) is 0 Å². The van der Waals surface area contributed by atoms with E-state index in [2.05, 4.69) is 35.0 Å².